The van der Waals surface area contributed by atoms with Crippen molar-refractivity contribution in [1.29, 1.82) is 0 Å². The van der Waals surface area contributed by atoms with E-state index >= 15 is 0 Å². The first kappa shape index (κ1) is 21.8. The van der Waals surface area contributed by atoms with Crippen LogP contribution in [0.1, 0.15) is 13.3 Å². The number of ether oxygens (including phenoxy) is 2. The van der Waals surface area contributed by atoms with Gasteiger partial charge < -0.3 is 18.3 Å². The van der Waals surface area contributed by atoms with Crippen LogP contribution < -0.4 is 0 Å². The van der Waals surface area contributed by atoms with Crippen molar-refractivity contribution in [2.24, 2.45) is 5.92 Å². The molecule has 0 aliphatic carbocycles. The van der Waals surface area contributed by atoms with E-state index in [1.807, 2.05) is 0 Å². The van der Waals surface area contributed by atoms with Gasteiger partial charge in [-0.15, -0.1) is 0 Å². The summed E-state index contributed by atoms with van der Waals surface area (Å²) in [6.45, 7) is -1.78. The van der Waals surface area contributed by atoms with Gasteiger partial charge in [-0.2, -0.15) is 0 Å². The second-order valence-corrected chi connectivity index (χ2v) is 3.24. The van der Waals surface area contributed by atoms with Gasteiger partial charge in [0.05, 0.1) is 13.2 Å². The maximum Gasteiger partial charge on any atom is 0.258 e. The summed E-state index contributed by atoms with van der Waals surface area (Å²) in [5, 5.41) is 0. The van der Waals surface area contributed by atoms with E-state index in [4.69, 9.17) is 0 Å². The van der Waals surface area contributed by atoms with Crippen LogP contribution in [0.4, 0.5) is 26.3 Å². The van der Waals surface area contributed by atoms with E-state index in [9.17, 15) is 26.3 Å². The van der Waals surface area contributed by atoms with Crippen molar-refractivity contribution in [1.82, 2.24) is 0 Å². The van der Waals surface area contributed by atoms with E-state index in [2.05, 4.69) is 9.47 Å². The molecule has 0 aliphatic rings. The summed E-state index contributed by atoms with van der Waals surface area (Å²) in [6, 6.07) is 0. The van der Waals surface area contributed by atoms with E-state index in [0.717, 1.165) is 0 Å². The molecule has 0 saturated heterocycles. The summed E-state index contributed by atoms with van der Waals surface area (Å²) in [5.41, 5.74) is 0. The standard InChI is InChI=1S/C9H12F6O2.2Rf/c1-2-7(3-16-8(12,13)5-10)4-17-9(14,15)6-11;;/h5-7H,2-4H2,1H3;;/q-2;;. The third-order valence-electron chi connectivity index (χ3n) is 1.85. The molecule has 0 aliphatic heterocycles. The first-order chi connectivity index (χ1) is 7.76. The van der Waals surface area contributed by atoms with Crippen molar-refractivity contribution in [3.8, 4) is 0 Å². The molecule has 19 heavy (non-hydrogen) atoms. The first-order valence-electron chi connectivity index (χ1n) is 4.69. The molecule has 0 atom stereocenters. The molecule has 0 heterocycles. The van der Waals surface area contributed by atoms with Gasteiger partial charge in [0.25, 0.3) is 12.2 Å². The first-order valence-corrected chi connectivity index (χ1v) is 4.69. The van der Waals surface area contributed by atoms with Gasteiger partial charge in [-0.05, 0) is 6.42 Å². The molecule has 0 amide bonds. The Hall–Kier alpha value is -2.50. The Bertz CT molecular complexity index is 201. The molecule has 0 rings (SSSR count). The number of rotatable bonds is 9. The number of halogens is 6. The minimum absolute atomic E-state index is 0. The van der Waals surface area contributed by atoms with Crippen LogP contribution in [0.25, 0.3) is 0 Å². The third-order valence-corrected chi connectivity index (χ3v) is 1.85. The van der Waals surface area contributed by atoms with Crippen LogP contribution in [0.3, 0.4) is 0 Å². The van der Waals surface area contributed by atoms with Crippen LogP contribution in [-0.2, 0) is 9.47 Å². The van der Waals surface area contributed by atoms with Crippen LogP contribution in [0, 0.1) is 19.3 Å². The van der Waals surface area contributed by atoms with Gasteiger partial charge in [0.2, 0.25) is 0 Å². The average Bonchev–Trinajstić information content (AvgIpc) is 2.29. The molecule has 10 heteroatoms. The molecule has 0 spiro atoms. The molecular formula is C9H12F6O2Rf2-2. The molecule has 0 aromatic heterocycles. The number of alkyl halides is 4. The Morgan fingerprint density at radius 1 is 0.895 bits per heavy atom. The maximum absolute atomic E-state index is 12.3. The van der Waals surface area contributed by atoms with E-state index in [1.54, 1.807) is 0 Å². The van der Waals surface area contributed by atoms with E-state index in [0.29, 0.717) is 0 Å². The zero-order chi connectivity index (χ0) is 13.5. The quantitative estimate of drug-likeness (QED) is 0.263. The van der Waals surface area contributed by atoms with Crippen molar-refractivity contribution in [3.63, 3.8) is 0 Å². The van der Waals surface area contributed by atoms with Crippen molar-refractivity contribution in [3.05, 3.63) is 13.3 Å². The smallest absolute Gasteiger partial charge is 0.258 e. The molecule has 0 N–H and O–H groups in total. The fraction of sp³-hybridized carbons (Fsp3) is 0.778. The summed E-state index contributed by atoms with van der Waals surface area (Å²) in [5.74, 6) is -0.827. The monoisotopic (exact) mass is 800 g/mol. The largest absolute Gasteiger partial charge is 0.451 e. The molecular weight excluding hydrogens is 788 g/mol. The SMILES string of the molecule is CCC(COC(F)(F)[CH-]F)COC(F)(F)[CH-]F.[Rf].[Rf]. The minimum atomic E-state index is -4.07. The Balaban J connectivity index is -0.00000128. The van der Waals surface area contributed by atoms with E-state index in [-0.39, 0.29) is 6.42 Å². The Labute approximate surface area is 94.9 Å². The molecule has 108 valence electrons. The van der Waals surface area contributed by atoms with Gasteiger partial charge in [-0.3, -0.25) is 0 Å². The van der Waals surface area contributed by atoms with Gasteiger partial charge in [0, 0.05) is 5.92 Å². The number of hydrogen-bond donors (Lipinski definition) is 0. The van der Waals surface area contributed by atoms with Crippen molar-refractivity contribution < 1.29 is 35.8 Å². The summed E-state index contributed by atoms with van der Waals surface area (Å²) in [7, 11) is 0. The van der Waals surface area contributed by atoms with Gasteiger partial charge in [0.15, 0.2) is 0 Å². The van der Waals surface area contributed by atoms with Crippen LogP contribution in [-0.4, -0.2) is 25.4 Å². The van der Waals surface area contributed by atoms with Crippen molar-refractivity contribution in [2.45, 2.75) is 25.6 Å². The molecule has 0 saturated carbocycles. The molecule has 0 aromatic rings. The maximum atomic E-state index is 12.3. The minimum Gasteiger partial charge on any atom is -0.451 e. The summed E-state index contributed by atoms with van der Waals surface area (Å²) in [4.78, 5) is 0. The summed E-state index contributed by atoms with van der Waals surface area (Å²) < 4.78 is 79.9. The average molecular weight is 800 g/mol. The Morgan fingerprint density at radius 3 is 1.42 bits per heavy atom. The normalized spacial score (nSPS) is 12.0. The summed E-state index contributed by atoms with van der Waals surface area (Å²) in [6.07, 6.45) is -7.96. The van der Waals surface area contributed by atoms with Crippen LogP contribution in [0.15, 0.2) is 0 Å². The fourth-order valence-corrected chi connectivity index (χ4v) is 0.805. The molecule has 2 nitrogen and oxygen atoms in total. The zero-order valence-corrected chi connectivity index (χ0v) is 23.2. The third kappa shape index (κ3) is 9.22. The second-order valence-electron chi connectivity index (χ2n) is 3.24. The predicted molar refractivity (Wildman–Crippen MR) is 46.4 cm³/mol. The Kier molecular flexibility index (Phi) is 9.81. The van der Waals surface area contributed by atoms with Gasteiger partial charge in [-0.25, -0.2) is 17.6 Å². The van der Waals surface area contributed by atoms with E-state index < -0.39 is 44.7 Å². The molecule has 0 unspecified atom stereocenters. The Morgan fingerprint density at radius 2 is 1.21 bits per heavy atom. The number of hydrogen-bond acceptors (Lipinski definition) is 2. The van der Waals surface area contributed by atoms with Gasteiger partial charge in [0.1, 0.15) is 0 Å². The molecule has 0 bridgehead atoms. The van der Waals surface area contributed by atoms with Crippen molar-refractivity contribution >= 4 is 0 Å². The van der Waals surface area contributed by atoms with Crippen LogP contribution in [0.5, 0.6) is 0 Å². The predicted octanol–water partition coefficient (Wildman–Crippen LogP) is 3.49. The van der Waals surface area contributed by atoms with Gasteiger partial charge in [-0.1, -0.05) is 20.3 Å². The van der Waals surface area contributed by atoms with Crippen molar-refractivity contribution in [2.75, 3.05) is 13.2 Å². The molecule has 0 aromatic carbocycles. The topological polar surface area (TPSA) is 18.5 Å². The second kappa shape index (κ2) is 8.57. The van der Waals surface area contributed by atoms with Crippen LogP contribution in [0.2, 0.25) is 0 Å². The van der Waals surface area contributed by atoms with Gasteiger partial charge >= 0.3 is 0 Å². The zero-order valence-electron chi connectivity index (χ0n) is 10.4. The molecule has 0 radical (unpaired) electrons. The molecule has 0 fully saturated rings. The summed E-state index contributed by atoms with van der Waals surface area (Å²) >= 11 is 0. The van der Waals surface area contributed by atoms with Crippen LogP contribution >= 0.6 is 0 Å². The van der Waals surface area contributed by atoms with E-state index in [1.165, 1.54) is 6.92 Å². The fourth-order valence-electron chi connectivity index (χ4n) is 0.805.